The molecule has 0 saturated heterocycles. The Balaban J connectivity index is 1.77. The first-order valence-electron chi connectivity index (χ1n) is 15.7. The Bertz CT molecular complexity index is 1980. The van der Waals surface area contributed by atoms with Crippen molar-refractivity contribution < 1.29 is 28.2 Å². The van der Waals surface area contributed by atoms with E-state index in [0.29, 0.717) is 28.2 Å². The summed E-state index contributed by atoms with van der Waals surface area (Å²) in [6.07, 6.45) is -1.18. The maximum Gasteiger partial charge on any atom is 0.435 e. The summed E-state index contributed by atoms with van der Waals surface area (Å²) < 4.78 is 27.3. The highest BCUT2D eigenvalue weighted by atomic mass is 32.1. The van der Waals surface area contributed by atoms with Gasteiger partial charge >= 0.3 is 12.2 Å². The maximum absolute atomic E-state index is 14.0. The van der Waals surface area contributed by atoms with Crippen molar-refractivity contribution in [1.29, 1.82) is 0 Å². The van der Waals surface area contributed by atoms with Gasteiger partial charge in [-0.25, -0.2) is 14.2 Å². The lowest BCUT2D eigenvalue weighted by molar-refractivity contribution is 0.0520. The van der Waals surface area contributed by atoms with E-state index in [4.69, 9.17) is 23.7 Å². The second kappa shape index (κ2) is 11.9. The lowest BCUT2D eigenvalue weighted by Crippen LogP contribution is -2.43. The number of benzene rings is 2. The molecule has 2 aromatic carbocycles. The number of hydrogen-bond donors (Lipinski definition) is 0. The van der Waals surface area contributed by atoms with Crippen LogP contribution in [0, 0.1) is 0 Å². The zero-order chi connectivity index (χ0) is 34.7. The molecule has 0 atom stereocenters. The van der Waals surface area contributed by atoms with E-state index in [2.05, 4.69) is 33.9 Å². The highest BCUT2D eigenvalue weighted by molar-refractivity contribution is 7.22. The minimum Gasteiger partial charge on any atom is -0.543 e. The Hall–Kier alpha value is -4.09. The molecular weight excluding hydrogens is 631 g/mol. The van der Waals surface area contributed by atoms with E-state index in [1.807, 2.05) is 96.1 Å². The van der Waals surface area contributed by atoms with E-state index < -0.39 is 31.7 Å². The Morgan fingerprint density at radius 3 is 2.06 bits per heavy atom. The molecule has 9 nitrogen and oxygen atoms in total. The Morgan fingerprint density at radius 2 is 1.45 bits per heavy atom. The summed E-state index contributed by atoms with van der Waals surface area (Å²) in [6, 6.07) is 17.3. The minimum atomic E-state index is -2.17. The van der Waals surface area contributed by atoms with Crippen LogP contribution in [-0.2, 0) is 9.47 Å². The minimum absolute atomic E-state index is 0.0139. The fourth-order valence-corrected chi connectivity index (χ4v) is 6.96. The van der Waals surface area contributed by atoms with E-state index in [1.165, 1.54) is 20.6 Å². The molecule has 5 rings (SSSR count). The monoisotopic (exact) mass is 675 g/mol. The predicted octanol–water partition coefficient (Wildman–Crippen LogP) is 10.3. The molecular formula is C36H45N3O6SSi. The van der Waals surface area contributed by atoms with E-state index in [-0.39, 0.29) is 5.04 Å². The number of carbonyl (C=O) groups excluding carboxylic acids is 2. The first kappa shape index (κ1) is 34.2. The molecule has 0 unspecified atom stereocenters. The van der Waals surface area contributed by atoms with Gasteiger partial charge in [-0.3, -0.25) is 0 Å². The molecule has 250 valence electrons. The number of hydrogen-bond acceptors (Lipinski definition) is 8. The summed E-state index contributed by atoms with van der Waals surface area (Å²) in [5.74, 6) is 1.40. The molecule has 0 spiro atoms. The number of methoxy groups -OCH3 is 1. The molecule has 0 radical (unpaired) electrons. The number of fused-ring (bicyclic) bond motifs is 2. The Morgan fingerprint density at radius 1 is 0.787 bits per heavy atom. The van der Waals surface area contributed by atoms with Gasteiger partial charge in [0.05, 0.1) is 28.5 Å². The Kier molecular flexibility index (Phi) is 8.64. The van der Waals surface area contributed by atoms with Gasteiger partial charge in [-0.05, 0) is 102 Å². The van der Waals surface area contributed by atoms with Gasteiger partial charge in [0.2, 0.25) is 8.32 Å². The molecule has 0 saturated carbocycles. The standard InChI is InChI=1S/C36H45N3O6SSi/c1-34(2,3)43-32(40)38-26-20-25(45-47(11,12)36(7,8)9)17-16-22(26)19-27(38)30-31-28(39(37-30)33(41)44-35(4,5)6)21-29(46-31)23-14-13-15-24(18-23)42-10/h13-21H,1-12H3. The first-order valence-corrected chi connectivity index (χ1v) is 19.4. The van der Waals surface area contributed by atoms with Crippen molar-refractivity contribution >= 4 is 53.0 Å². The van der Waals surface area contributed by atoms with Crippen molar-refractivity contribution in [2.75, 3.05) is 7.11 Å². The van der Waals surface area contributed by atoms with E-state index in [9.17, 15) is 9.59 Å². The van der Waals surface area contributed by atoms with Crippen LogP contribution >= 0.6 is 11.3 Å². The summed E-state index contributed by atoms with van der Waals surface area (Å²) in [7, 11) is -0.549. The second-order valence-corrected chi connectivity index (χ2v) is 21.0. The number of aromatic nitrogens is 3. The number of nitrogens with zero attached hydrogens (tertiary/aromatic N) is 3. The molecule has 0 aliphatic carbocycles. The van der Waals surface area contributed by atoms with Crippen LogP contribution in [0.5, 0.6) is 11.5 Å². The molecule has 3 aromatic heterocycles. The maximum atomic E-state index is 14.0. The van der Waals surface area contributed by atoms with Crippen LogP contribution in [-0.4, -0.2) is 53.2 Å². The van der Waals surface area contributed by atoms with Gasteiger partial charge in [-0.1, -0.05) is 32.9 Å². The third-order valence-electron chi connectivity index (χ3n) is 8.05. The van der Waals surface area contributed by atoms with Crippen LogP contribution in [0.2, 0.25) is 18.1 Å². The van der Waals surface area contributed by atoms with Gasteiger partial charge in [0.1, 0.15) is 28.4 Å². The first-order chi connectivity index (χ1) is 21.7. The van der Waals surface area contributed by atoms with Gasteiger partial charge in [-0.15, -0.1) is 11.3 Å². The van der Waals surface area contributed by atoms with Crippen LogP contribution in [0.25, 0.3) is 42.9 Å². The molecule has 0 bridgehead atoms. The van der Waals surface area contributed by atoms with Crippen molar-refractivity contribution in [1.82, 2.24) is 14.3 Å². The van der Waals surface area contributed by atoms with Crippen molar-refractivity contribution in [3.8, 4) is 33.3 Å². The van der Waals surface area contributed by atoms with Crippen LogP contribution < -0.4 is 9.16 Å². The Labute approximate surface area is 281 Å². The van der Waals surface area contributed by atoms with Crippen LogP contribution in [0.3, 0.4) is 0 Å². The van der Waals surface area contributed by atoms with Crippen molar-refractivity contribution in [2.45, 2.75) is 91.6 Å². The third-order valence-corrected chi connectivity index (χ3v) is 13.6. The number of thiophene rings is 1. The summed E-state index contributed by atoms with van der Waals surface area (Å²) in [5, 5.41) is 5.59. The lowest BCUT2D eigenvalue weighted by Gasteiger charge is -2.36. The number of ether oxygens (including phenoxy) is 3. The molecule has 0 N–H and O–H groups in total. The van der Waals surface area contributed by atoms with Gasteiger partial charge in [-0.2, -0.15) is 9.78 Å². The van der Waals surface area contributed by atoms with Gasteiger partial charge < -0.3 is 18.6 Å². The molecule has 5 aromatic rings. The van der Waals surface area contributed by atoms with Crippen molar-refractivity contribution in [2.24, 2.45) is 0 Å². The normalized spacial score (nSPS) is 12.9. The molecule has 0 amide bonds. The zero-order valence-electron chi connectivity index (χ0n) is 29.4. The van der Waals surface area contributed by atoms with E-state index in [1.54, 1.807) is 7.11 Å². The van der Waals surface area contributed by atoms with Crippen LogP contribution in [0.15, 0.2) is 54.6 Å². The predicted molar refractivity (Wildman–Crippen MR) is 192 cm³/mol. The number of carbonyl (C=O) groups is 2. The molecule has 3 heterocycles. The molecule has 0 aliphatic heterocycles. The summed E-state index contributed by atoms with van der Waals surface area (Å²) in [6.45, 7) is 21.9. The average Bonchev–Trinajstić information content (AvgIpc) is 3.62. The quantitative estimate of drug-likeness (QED) is 0.171. The highest BCUT2D eigenvalue weighted by Crippen LogP contribution is 2.43. The van der Waals surface area contributed by atoms with Crippen LogP contribution in [0.1, 0.15) is 62.3 Å². The van der Waals surface area contributed by atoms with Crippen molar-refractivity contribution in [3.63, 3.8) is 0 Å². The van der Waals surface area contributed by atoms with Crippen molar-refractivity contribution in [3.05, 3.63) is 54.6 Å². The molecule has 0 aliphatic rings. The van der Waals surface area contributed by atoms with Gasteiger partial charge in [0, 0.05) is 16.3 Å². The smallest absolute Gasteiger partial charge is 0.435 e. The lowest BCUT2D eigenvalue weighted by atomic mass is 10.2. The summed E-state index contributed by atoms with van der Waals surface area (Å²) in [5.41, 5.74) is 1.56. The molecule has 11 heteroatoms. The average molecular weight is 676 g/mol. The van der Waals surface area contributed by atoms with Gasteiger partial charge in [0.15, 0.2) is 0 Å². The topological polar surface area (TPSA) is 93.8 Å². The fraction of sp³-hybridized carbons (Fsp3) is 0.417. The summed E-state index contributed by atoms with van der Waals surface area (Å²) in [4.78, 5) is 28.5. The summed E-state index contributed by atoms with van der Waals surface area (Å²) >= 11 is 1.47. The third kappa shape index (κ3) is 7.11. The molecule has 47 heavy (non-hydrogen) atoms. The fourth-order valence-electron chi connectivity index (χ4n) is 4.81. The van der Waals surface area contributed by atoms with Crippen LogP contribution in [0.4, 0.5) is 9.59 Å². The van der Waals surface area contributed by atoms with E-state index in [0.717, 1.165) is 26.3 Å². The second-order valence-electron chi connectivity index (χ2n) is 15.2. The van der Waals surface area contributed by atoms with E-state index >= 15 is 0 Å². The zero-order valence-corrected chi connectivity index (χ0v) is 31.2. The number of rotatable bonds is 5. The SMILES string of the molecule is COc1cccc(-c2cc3c(s2)c(-c2cc4ccc(O[Si](C)(C)C(C)(C)C)cc4n2C(=O)OC(C)(C)C)nn3C(=O)OC(C)(C)C)c1. The van der Waals surface area contributed by atoms with Gasteiger partial charge in [0.25, 0.3) is 0 Å². The largest absolute Gasteiger partial charge is 0.543 e. The molecule has 0 fully saturated rings. The highest BCUT2D eigenvalue weighted by Gasteiger charge is 2.39.